The third-order valence-corrected chi connectivity index (χ3v) is 4.54. The van der Waals surface area contributed by atoms with Gasteiger partial charge in [0.1, 0.15) is 5.82 Å². The molecule has 12 heteroatoms. The molecule has 2 aromatic rings. The standard InChI is InChI=1S/C21H25N5O6.Na/c1-14-7-8-15(11-17(14)26(31)32)16(12-21(29)30)25-20(28)13-24-19(27)6-4-10-23-18-5-2-3-9-22-18;/h2-3,5,7-9,11,16H,4,6,10,12-13H2,1H3,(H,22,23)(H,24,27)(H,25,28)(H,29,30);. The van der Waals surface area contributed by atoms with E-state index in [0.29, 0.717) is 29.9 Å². The molecule has 0 spiro atoms. The number of nitro benzene ring substituents is 1. The van der Waals surface area contributed by atoms with Crippen LogP contribution in [0.1, 0.15) is 36.4 Å². The molecule has 11 nitrogen and oxygen atoms in total. The Morgan fingerprint density at radius 3 is 2.58 bits per heavy atom. The predicted molar refractivity (Wildman–Crippen MR) is 122 cm³/mol. The number of carbonyl (C=O) groups excluding carboxylic acids is 2. The molecule has 0 saturated heterocycles. The molecule has 0 saturated carbocycles. The van der Waals surface area contributed by atoms with Crippen LogP contribution >= 0.6 is 0 Å². The number of nitrogens with one attached hydrogen (secondary N) is 3. The summed E-state index contributed by atoms with van der Waals surface area (Å²) >= 11 is 0. The second kappa shape index (κ2) is 14.2. The van der Waals surface area contributed by atoms with Crippen LogP contribution in [0.15, 0.2) is 42.6 Å². The minimum atomic E-state index is -1.18. The maximum atomic E-state index is 12.2. The van der Waals surface area contributed by atoms with E-state index >= 15 is 0 Å². The quantitative estimate of drug-likeness (QED) is 0.158. The van der Waals surface area contributed by atoms with E-state index in [0.717, 1.165) is 0 Å². The zero-order chi connectivity index (χ0) is 23.5. The average Bonchev–Trinajstić information content (AvgIpc) is 2.75. The summed E-state index contributed by atoms with van der Waals surface area (Å²) in [5.41, 5.74) is 0.550. The van der Waals surface area contributed by atoms with E-state index in [9.17, 15) is 24.5 Å². The van der Waals surface area contributed by atoms with Gasteiger partial charge in [-0.05, 0) is 31.0 Å². The molecule has 0 aliphatic rings. The van der Waals surface area contributed by atoms with Crippen molar-refractivity contribution in [3.8, 4) is 0 Å². The van der Waals surface area contributed by atoms with E-state index in [1.165, 1.54) is 18.2 Å². The third kappa shape index (κ3) is 9.98. The monoisotopic (exact) mass is 466 g/mol. The number of pyridine rings is 1. The largest absolute Gasteiger partial charge is 0.481 e. The van der Waals surface area contributed by atoms with Gasteiger partial charge in [-0.3, -0.25) is 24.5 Å². The summed E-state index contributed by atoms with van der Waals surface area (Å²) in [6.45, 7) is 1.76. The van der Waals surface area contributed by atoms with Crippen molar-refractivity contribution in [3.05, 3.63) is 63.8 Å². The van der Waals surface area contributed by atoms with Gasteiger partial charge >= 0.3 is 5.97 Å². The number of hydrogen-bond donors (Lipinski definition) is 4. The Labute approximate surface area is 212 Å². The number of aliphatic carboxylic acids is 1. The molecule has 0 fully saturated rings. The molecule has 0 bridgehead atoms. The number of carbonyl (C=O) groups is 3. The van der Waals surface area contributed by atoms with Gasteiger partial charge in [-0.1, -0.05) is 18.2 Å². The van der Waals surface area contributed by atoms with Crippen molar-refractivity contribution in [1.29, 1.82) is 0 Å². The van der Waals surface area contributed by atoms with Crippen LogP contribution in [0.2, 0.25) is 0 Å². The minimum absolute atomic E-state index is 0. The van der Waals surface area contributed by atoms with Gasteiger partial charge in [0.2, 0.25) is 11.8 Å². The Hall–Kier alpha value is -3.02. The van der Waals surface area contributed by atoms with E-state index in [4.69, 9.17) is 5.11 Å². The molecule has 4 N–H and O–H groups in total. The molecule has 1 heterocycles. The topological polar surface area (TPSA) is 164 Å². The molecule has 171 valence electrons. The average molecular weight is 466 g/mol. The van der Waals surface area contributed by atoms with Crippen molar-refractivity contribution in [3.63, 3.8) is 0 Å². The zero-order valence-corrected chi connectivity index (χ0v) is 20.5. The molecule has 1 unspecified atom stereocenters. The molecule has 1 radical (unpaired) electrons. The molecule has 1 aromatic carbocycles. The smallest absolute Gasteiger partial charge is 0.305 e. The Balaban J connectivity index is 0.00000544. The van der Waals surface area contributed by atoms with Crippen LogP contribution in [0.5, 0.6) is 0 Å². The molecule has 0 aliphatic carbocycles. The summed E-state index contributed by atoms with van der Waals surface area (Å²) in [5, 5.41) is 28.4. The second-order valence-corrected chi connectivity index (χ2v) is 7.04. The van der Waals surface area contributed by atoms with E-state index in [-0.39, 0.29) is 54.1 Å². The Morgan fingerprint density at radius 2 is 1.94 bits per heavy atom. The zero-order valence-electron chi connectivity index (χ0n) is 18.5. The molecule has 0 aliphatic heterocycles. The first-order valence-corrected chi connectivity index (χ1v) is 9.94. The summed E-state index contributed by atoms with van der Waals surface area (Å²) in [5.74, 6) is -1.40. The number of benzene rings is 1. The number of anilines is 1. The van der Waals surface area contributed by atoms with Crippen molar-refractivity contribution in [2.45, 2.75) is 32.2 Å². The van der Waals surface area contributed by atoms with Gasteiger partial charge < -0.3 is 21.1 Å². The Bertz CT molecular complexity index is 973. The Kier molecular flexibility index (Phi) is 12.0. The summed E-state index contributed by atoms with van der Waals surface area (Å²) in [6, 6.07) is 8.74. The maximum Gasteiger partial charge on any atom is 0.305 e. The SMILES string of the molecule is Cc1ccc(C(CC(=O)O)NC(=O)CNC(=O)CCCNc2ccccn2)cc1[N+](=O)[O-].[Na]. The number of aryl methyl sites for hydroxylation is 1. The number of carboxylic acids is 1. The fourth-order valence-electron chi connectivity index (χ4n) is 2.91. The van der Waals surface area contributed by atoms with Crippen molar-refractivity contribution in [2.24, 2.45) is 0 Å². The first-order valence-electron chi connectivity index (χ1n) is 9.94. The van der Waals surface area contributed by atoms with E-state index in [1.807, 2.05) is 6.07 Å². The summed E-state index contributed by atoms with van der Waals surface area (Å²) < 4.78 is 0. The molecule has 2 amide bonds. The predicted octanol–water partition coefficient (Wildman–Crippen LogP) is 1.56. The molecule has 2 rings (SSSR count). The van der Waals surface area contributed by atoms with Crippen molar-refractivity contribution >= 4 is 58.8 Å². The van der Waals surface area contributed by atoms with Gasteiger partial charge in [0.05, 0.1) is 23.9 Å². The van der Waals surface area contributed by atoms with Crippen LogP contribution in [0, 0.1) is 17.0 Å². The van der Waals surface area contributed by atoms with Gasteiger partial charge in [0.15, 0.2) is 0 Å². The second-order valence-electron chi connectivity index (χ2n) is 7.04. The van der Waals surface area contributed by atoms with Gasteiger partial charge in [-0.2, -0.15) is 0 Å². The number of nitrogens with zero attached hydrogens (tertiary/aromatic N) is 2. The maximum absolute atomic E-state index is 12.2. The molecule has 33 heavy (non-hydrogen) atoms. The van der Waals surface area contributed by atoms with Crippen molar-refractivity contribution in [2.75, 3.05) is 18.4 Å². The van der Waals surface area contributed by atoms with Gasteiger partial charge in [-0.25, -0.2) is 4.98 Å². The fourth-order valence-corrected chi connectivity index (χ4v) is 2.91. The van der Waals surface area contributed by atoms with E-state index in [2.05, 4.69) is 20.9 Å². The summed E-state index contributed by atoms with van der Waals surface area (Å²) in [6.07, 6.45) is 1.91. The summed E-state index contributed by atoms with van der Waals surface area (Å²) in [4.78, 5) is 50.1. The van der Waals surface area contributed by atoms with Gasteiger partial charge in [0.25, 0.3) is 5.69 Å². The summed E-state index contributed by atoms with van der Waals surface area (Å²) in [7, 11) is 0. The van der Waals surface area contributed by atoms with E-state index in [1.54, 1.807) is 25.3 Å². The number of nitro groups is 1. The number of hydrogen-bond acceptors (Lipinski definition) is 7. The van der Waals surface area contributed by atoms with Crippen molar-refractivity contribution in [1.82, 2.24) is 15.6 Å². The van der Waals surface area contributed by atoms with Crippen LogP contribution in [0.4, 0.5) is 11.5 Å². The molecule has 1 aromatic heterocycles. The molecular formula is C21H25N5NaO6. The Morgan fingerprint density at radius 1 is 1.18 bits per heavy atom. The first kappa shape index (κ1) is 28.0. The number of amides is 2. The van der Waals surface area contributed by atoms with E-state index < -0.39 is 29.3 Å². The van der Waals surface area contributed by atoms with Crippen molar-refractivity contribution < 1.29 is 24.4 Å². The van der Waals surface area contributed by atoms with Crippen LogP contribution in [-0.2, 0) is 14.4 Å². The van der Waals surface area contributed by atoms with Crippen LogP contribution in [0.3, 0.4) is 0 Å². The van der Waals surface area contributed by atoms with Crippen LogP contribution < -0.4 is 16.0 Å². The van der Waals surface area contributed by atoms with Crippen LogP contribution in [0.25, 0.3) is 0 Å². The number of rotatable bonds is 12. The molecule has 1 atom stereocenters. The van der Waals surface area contributed by atoms with Gasteiger partial charge in [0, 0.05) is 60.3 Å². The fraction of sp³-hybridized carbons (Fsp3) is 0.333. The molecular weight excluding hydrogens is 441 g/mol. The van der Waals surface area contributed by atoms with Crippen LogP contribution in [-0.4, -0.2) is 75.4 Å². The first-order chi connectivity index (χ1) is 15.3. The van der Waals surface area contributed by atoms with Gasteiger partial charge in [-0.15, -0.1) is 0 Å². The minimum Gasteiger partial charge on any atom is -0.481 e. The number of carboxylic acid groups (broad SMARTS) is 1. The normalized spacial score (nSPS) is 10.9. The number of aromatic nitrogens is 1. The third-order valence-electron chi connectivity index (χ3n) is 4.54.